The molecule has 0 saturated carbocycles. The number of carboxylic acid groups (broad SMARTS) is 1. The van der Waals surface area contributed by atoms with Crippen LogP contribution in [0.4, 0.5) is 11.6 Å². The highest BCUT2D eigenvalue weighted by molar-refractivity contribution is 6.05. The van der Waals surface area contributed by atoms with Crippen LogP contribution in [0.15, 0.2) is 48.7 Å². The number of nitrogens with one attached hydrogen (secondary N) is 1. The number of anilines is 2. The Labute approximate surface area is 186 Å². The van der Waals surface area contributed by atoms with Gasteiger partial charge in [-0.2, -0.15) is 0 Å². The number of benzene rings is 2. The highest BCUT2D eigenvalue weighted by Gasteiger charge is 2.27. The summed E-state index contributed by atoms with van der Waals surface area (Å²) in [5, 5.41) is 12.8. The number of aryl methyl sites for hydroxylation is 1. The van der Waals surface area contributed by atoms with Crippen molar-refractivity contribution < 1.29 is 14.7 Å². The Morgan fingerprint density at radius 1 is 1.19 bits per heavy atom. The molecule has 1 heterocycles. The molecule has 3 aromatic rings. The number of hydrogen-bond donors (Lipinski definition) is 3. The molecule has 1 aliphatic rings. The minimum Gasteiger partial charge on any atom is -0.478 e. The molecule has 0 radical (unpaired) electrons. The Kier molecular flexibility index (Phi) is 5.77. The Hall–Kier alpha value is -3.94. The van der Waals surface area contributed by atoms with E-state index in [9.17, 15) is 14.7 Å². The van der Waals surface area contributed by atoms with Crippen molar-refractivity contribution in [3.8, 4) is 11.3 Å². The van der Waals surface area contributed by atoms with Gasteiger partial charge in [0.1, 0.15) is 0 Å². The molecule has 1 amide bonds. The fraction of sp³-hybridized carbons (Fsp3) is 0.250. The number of rotatable bonds is 6. The Morgan fingerprint density at radius 2 is 2.00 bits per heavy atom. The SMILES string of the molecule is CN(C)c1cccc(-c2ccnc(NC3CCc4ccc(C(=O)O)c(C(N)=O)c4C3)n2)c1. The lowest BCUT2D eigenvalue weighted by Gasteiger charge is -2.27. The molecular formula is C24H25N5O3. The summed E-state index contributed by atoms with van der Waals surface area (Å²) in [5.41, 5.74) is 10.1. The van der Waals surface area contributed by atoms with Gasteiger partial charge in [0.2, 0.25) is 11.9 Å². The van der Waals surface area contributed by atoms with Crippen molar-refractivity contribution in [2.75, 3.05) is 24.3 Å². The first kappa shape index (κ1) is 21.3. The summed E-state index contributed by atoms with van der Waals surface area (Å²) in [7, 11) is 3.98. The van der Waals surface area contributed by atoms with Gasteiger partial charge in [-0.1, -0.05) is 18.2 Å². The van der Waals surface area contributed by atoms with E-state index < -0.39 is 11.9 Å². The molecule has 0 fully saturated rings. The van der Waals surface area contributed by atoms with E-state index in [2.05, 4.69) is 21.4 Å². The first-order valence-corrected chi connectivity index (χ1v) is 10.4. The molecule has 0 saturated heterocycles. The number of amides is 1. The standard InChI is InChI=1S/C24H25N5O3/c1-29(2)17-5-3-4-15(12-17)20-10-11-26-24(28-20)27-16-8-6-14-7-9-18(23(31)32)21(22(25)30)19(14)13-16/h3-5,7,9-12,16H,6,8,13H2,1-2H3,(H2,25,30)(H,31,32)(H,26,27,28). The maximum atomic E-state index is 12.1. The van der Waals surface area contributed by atoms with Crippen LogP contribution in [0.3, 0.4) is 0 Å². The summed E-state index contributed by atoms with van der Waals surface area (Å²) in [4.78, 5) is 34.7. The van der Waals surface area contributed by atoms with Crippen LogP contribution >= 0.6 is 0 Å². The fourth-order valence-corrected chi connectivity index (χ4v) is 4.13. The molecule has 1 aromatic heterocycles. The predicted octanol–water partition coefficient (Wildman–Crippen LogP) is 2.98. The number of carbonyl (C=O) groups is 2. The summed E-state index contributed by atoms with van der Waals surface area (Å²) in [5.74, 6) is -1.40. The summed E-state index contributed by atoms with van der Waals surface area (Å²) in [6.07, 6.45) is 3.69. The molecule has 164 valence electrons. The molecule has 0 aliphatic heterocycles. The van der Waals surface area contributed by atoms with Crippen molar-refractivity contribution in [1.29, 1.82) is 0 Å². The molecule has 8 nitrogen and oxygen atoms in total. The monoisotopic (exact) mass is 431 g/mol. The predicted molar refractivity (Wildman–Crippen MR) is 123 cm³/mol. The molecule has 32 heavy (non-hydrogen) atoms. The van der Waals surface area contributed by atoms with E-state index in [-0.39, 0.29) is 17.2 Å². The maximum absolute atomic E-state index is 12.1. The molecule has 4 rings (SSSR count). The molecule has 8 heteroatoms. The van der Waals surface area contributed by atoms with E-state index in [0.29, 0.717) is 24.4 Å². The number of carbonyl (C=O) groups excluding carboxylic acids is 1. The lowest BCUT2D eigenvalue weighted by Crippen LogP contribution is -2.31. The Morgan fingerprint density at radius 3 is 2.72 bits per heavy atom. The third-order valence-electron chi connectivity index (χ3n) is 5.75. The van der Waals surface area contributed by atoms with Crippen molar-refractivity contribution >= 4 is 23.5 Å². The van der Waals surface area contributed by atoms with Crippen molar-refractivity contribution in [3.63, 3.8) is 0 Å². The molecule has 1 atom stereocenters. The molecule has 1 unspecified atom stereocenters. The van der Waals surface area contributed by atoms with E-state index in [4.69, 9.17) is 5.73 Å². The normalized spacial score (nSPS) is 15.0. The van der Waals surface area contributed by atoms with Crippen LogP contribution in [-0.4, -0.2) is 47.1 Å². The Balaban J connectivity index is 1.59. The van der Waals surface area contributed by atoms with E-state index >= 15 is 0 Å². The summed E-state index contributed by atoms with van der Waals surface area (Å²) >= 11 is 0. The summed E-state index contributed by atoms with van der Waals surface area (Å²) in [6, 6.07) is 13.1. The Bertz CT molecular complexity index is 1190. The zero-order chi connectivity index (χ0) is 22.8. The molecular weight excluding hydrogens is 406 g/mol. The van der Waals surface area contributed by atoms with Gasteiger partial charge in [-0.05, 0) is 54.7 Å². The first-order chi connectivity index (χ1) is 15.3. The van der Waals surface area contributed by atoms with Crippen molar-refractivity contribution in [2.24, 2.45) is 5.73 Å². The van der Waals surface area contributed by atoms with E-state index in [1.165, 1.54) is 6.07 Å². The number of carboxylic acids is 1. The highest BCUT2D eigenvalue weighted by atomic mass is 16.4. The second-order valence-corrected chi connectivity index (χ2v) is 8.09. The van der Waals surface area contributed by atoms with E-state index in [0.717, 1.165) is 28.9 Å². The van der Waals surface area contributed by atoms with Gasteiger partial charge in [-0.3, -0.25) is 4.79 Å². The van der Waals surface area contributed by atoms with Crippen LogP contribution in [-0.2, 0) is 12.8 Å². The lowest BCUT2D eigenvalue weighted by atomic mass is 9.83. The second-order valence-electron chi connectivity index (χ2n) is 8.09. The highest BCUT2D eigenvalue weighted by Crippen LogP contribution is 2.29. The number of aromatic carboxylic acids is 1. The van der Waals surface area contributed by atoms with Gasteiger partial charge in [0.05, 0.1) is 16.8 Å². The third kappa shape index (κ3) is 4.25. The largest absolute Gasteiger partial charge is 0.478 e. The zero-order valence-electron chi connectivity index (χ0n) is 18.0. The topological polar surface area (TPSA) is 121 Å². The first-order valence-electron chi connectivity index (χ1n) is 10.4. The van der Waals surface area contributed by atoms with E-state index in [1.807, 2.05) is 43.3 Å². The third-order valence-corrected chi connectivity index (χ3v) is 5.75. The fourth-order valence-electron chi connectivity index (χ4n) is 4.13. The van der Waals surface area contributed by atoms with Crippen molar-refractivity contribution in [1.82, 2.24) is 9.97 Å². The van der Waals surface area contributed by atoms with Crippen LogP contribution in [0.5, 0.6) is 0 Å². The van der Waals surface area contributed by atoms with Gasteiger partial charge in [-0.25, -0.2) is 14.8 Å². The molecule has 0 bridgehead atoms. The quantitative estimate of drug-likeness (QED) is 0.548. The van der Waals surface area contributed by atoms with Crippen LogP contribution < -0.4 is 16.0 Å². The number of fused-ring (bicyclic) bond motifs is 1. The minimum atomic E-state index is -1.16. The summed E-state index contributed by atoms with van der Waals surface area (Å²) in [6.45, 7) is 0. The van der Waals surface area contributed by atoms with Gasteiger partial charge >= 0.3 is 5.97 Å². The molecule has 1 aliphatic carbocycles. The smallest absolute Gasteiger partial charge is 0.336 e. The number of nitrogens with zero attached hydrogens (tertiary/aromatic N) is 3. The number of nitrogens with two attached hydrogens (primary N) is 1. The van der Waals surface area contributed by atoms with Gasteiger partial charge in [0.25, 0.3) is 0 Å². The van der Waals surface area contributed by atoms with Crippen LogP contribution in [0, 0.1) is 0 Å². The zero-order valence-corrected chi connectivity index (χ0v) is 18.0. The van der Waals surface area contributed by atoms with Crippen LogP contribution in [0.2, 0.25) is 0 Å². The molecule has 2 aromatic carbocycles. The van der Waals surface area contributed by atoms with Gasteiger partial charge < -0.3 is 21.1 Å². The maximum Gasteiger partial charge on any atom is 0.336 e. The minimum absolute atomic E-state index is 0.0481. The average molecular weight is 431 g/mol. The van der Waals surface area contributed by atoms with E-state index in [1.54, 1.807) is 12.3 Å². The van der Waals surface area contributed by atoms with Gasteiger partial charge in [0, 0.05) is 37.6 Å². The average Bonchev–Trinajstić information content (AvgIpc) is 2.78. The number of hydrogen-bond acceptors (Lipinski definition) is 6. The molecule has 4 N–H and O–H groups in total. The second kappa shape index (κ2) is 8.66. The van der Waals surface area contributed by atoms with Crippen molar-refractivity contribution in [3.05, 3.63) is 70.9 Å². The molecule has 0 spiro atoms. The van der Waals surface area contributed by atoms with Gasteiger partial charge in [0.15, 0.2) is 0 Å². The van der Waals surface area contributed by atoms with Gasteiger partial charge in [-0.15, -0.1) is 0 Å². The van der Waals surface area contributed by atoms with Crippen molar-refractivity contribution in [2.45, 2.75) is 25.3 Å². The van der Waals surface area contributed by atoms with Crippen LogP contribution in [0.25, 0.3) is 11.3 Å². The van der Waals surface area contributed by atoms with Crippen LogP contribution in [0.1, 0.15) is 38.3 Å². The summed E-state index contributed by atoms with van der Waals surface area (Å²) < 4.78 is 0. The lowest BCUT2D eigenvalue weighted by molar-refractivity contribution is 0.0691. The number of primary amides is 1. The number of aromatic nitrogens is 2.